The summed E-state index contributed by atoms with van der Waals surface area (Å²) in [5, 5.41) is 18.6. The third-order valence-corrected chi connectivity index (χ3v) is 6.88. The monoisotopic (exact) mass is 425 g/mol. The van der Waals surface area contributed by atoms with Gasteiger partial charge in [0.15, 0.2) is 5.82 Å². The van der Waals surface area contributed by atoms with Gasteiger partial charge in [0.1, 0.15) is 11.4 Å². The predicted octanol–water partition coefficient (Wildman–Crippen LogP) is 0.865. The van der Waals surface area contributed by atoms with Crippen molar-refractivity contribution in [1.82, 2.24) is 25.7 Å². The Bertz CT molecular complexity index is 924. The summed E-state index contributed by atoms with van der Waals surface area (Å²) in [5.41, 5.74) is 2.28. The smallest absolute Gasteiger partial charge is 0.269 e. The van der Waals surface area contributed by atoms with E-state index < -0.39 is 0 Å². The van der Waals surface area contributed by atoms with E-state index in [0.29, 0.717) is 24.3 Å². The van der Waals surface area contributed by atoms with Gasteiger partial charge in [-0.05, 0) is 31.7 Å². The number of hydrogen-bond donors (Lipinski definition) is 2. The summed E-state index contributed by atoms with van der Waals surface area (Å²) >= 11 is 0. The van der Waals surface area contributed by atoms with Crippen molar-refractivity contribution >= 4 is 17.4 Å². The molecular formula is C21H27N7O3. The third-order valence-electron chi connectivity index (χ3n) is 6.88. The van der Waals surface area contributed by atoms with E-state index in [2.05, 4.69) is 41.6 Å². The first kappa shape index (κ1) is 19.0. The van der Waals surface area contributed by atoms with Crippen LogP contribution in [0.5, 0.6) is 0 Å². The van der Waals surface area contributed by atoms with Gasteiger partial charge in [-0.2, -0.15) is 5.10 Å². The quantitative estimate of drug-likeness (QED) is 0.726. The zero-order chi connectivity index (χ0) is 20.8. The summed E-state index contributed by atoms with van der Waals surface area (Å²) in [6.07, 6.45) is 6.61. The number of aromatic nitrogens is 4. The summed E-state index contributed by atoms with van der Waals surface area (Å²) < 4.78 is 11.8. The van der Waals surface area contributed by atoms with Crippen LogP contribution in [-0.4, -0.2) is 76.9 Å². The molecule has 6 heterocycles. The molecule has 4 aliphatic heterocycles. The lowest BCUT2D eigenvalue weighted by Crippen LogP contribution is -2.47. The molecule has 10 nitrogen and oxygen atoms in total. The van der Waals surface area contributed by atoms with Crippen LogP contribution in [0.25, 0.3) is 0 Å². The number of rotatable bonds is 5. The van der Waals surface area contributed by atoms with Gasteiger partial charge in [0.25, 0.3) is 5.91 Å². The highest BCUT2D eigenvalue weighted by Gasteiger charge is 2.40. The molecule has 4 unspecified atom stereocenters. The van der Waals surface area contributed by atoms with Gasteiger partial charge in [-0.3, -0.25) is 9.89 Å². The van der Waals surface area contributed by atoms with Crippen LogP contribution in [0.1, 0.15) is 41.9 Å². The van der Waals surface area contributed by atoms with E-state index >= 15 is 0 Å². The molecule has 0 spiro atoms. The number of carbonyl (C=O) groups is 1. The zero-order valence-electron chi connectivity index (χ0n) is 17.4. The van der Waals surface area contributed by atoms with Gasteiger partial charge < -0.3 is 24.6 Å². The molecule has 4 aliphatic rings. The number of H-pyrrole nitrogens is 1. The fraction of sp³-hybridized carbons (Fsp3) is 0.619. The molecule has 0 radical (unpaired) electrons. The molecule has 10 heteroatoms. The maximum atomic E-state index is 12.4. The number of aromatic amines is 1. The molecule has 2 aromatic rings. The number of nitrogens with one attached hydrogen (secondary N) is 2. The second-order valence-electron chi connectivity index (χ2n) is 8.88. The average molecular weight is 425 g/mol. The van der Waals surface area contributed by atoms with Gasteiger partial charge in [0.05, 0.1) is 49.7 Å². The predicted molar refractivity (Wildman–Crippen MR) is 112 cm³/mol. The SMILES string of the molecule is O=C(NCc1nnc(N2CC3CCC(C2)O3)cc1N1C2CCC1COC2)c1ccn[nH]1. The Balaban J connectivity index is 1.29. The van der Waals surface area contributed by atoms with Gasteiger partial charge >= 0.3 is 0 Å². The number of carbonyl (C=O) groups excluding carboxylic acids is 1. The van der Waals surface area contributed by atoms with Crippen LogP contribution in [0.15, 0.2) is 18.3 Å². The van der Waals surface area contributed by atoms with E-state index in [-0.39, 0.29) is 18.1 Å². The summed E-state index contributed by atoms with van der Waals surface area (Å²) in [6.45, 7) is 3.49. The van der Waals surface area contributed by atoms with Crippen LogP contribution in [0.2, 0.25) is 0 Å². The van der Waals surface area contributed by atoms with Crippen LogP contribution < -0.4 is 15.1 Å². The number of amides is 1. The highest BCUT2D eigenvalue weighted by Crippen LogP contribution is 2.37. The van der Waals surface area contributed by atoms with Crippen molar-refractivity contribution in [2.75, 3.05) is 36.1 Å². The lowest BCUT2D eigenvalue weighted by atomic mass is 10.2. The molecule has 2 N–H and O–H groups in total. The molecule has 0 aliphatic carbocycles. The van der Waals surface area contributed by atoms with Crippen LogP contribution in [0, 0.1) is 0 Å². The average Bonchev–Trinajstić information content (AvgIpc) is 3.50. The van der Waals surface area contributed by atoms with Crippen molar-refractivity contribution in [2.24, 2.45) is 0 Å². The van der Waals surface area contributed by atoms with Crippen molar-refractivity contribution in [3.05, 3.63) is 29.7 Å². The van der Waals surface area contributed by atoms with Gasteiger partial charge in [-0.15, -0.1) is 10.2 Å². The Morgan fingerprint density at radius 3 is 2.61 bits per heavy atom. The molecule has 0 saturated carbocycles. The summed E-state index contributed by atoms with van der Waals surface area (Å²) in [7, 11) is 0. The van der Waals surface area contributed by atoms with Crippen molar-refractivity contribution in [3.8, 4) is 0 Å². The molecule has 2 aromatic heterocycles. The number of ether oxygens (including phenoxy) is 2. The zero-order valence-corrected chi connectivity index (χ0v) is 17.4. The van der Waals surface area contributed by atoms with E-state index in [1.807, 2.05) is 0 Å². The van der Waals surface area contributed by atoms with Crippen LogP contribution in [-0.2, 0) is 16.0 Å². The van der Waals surface area contributed by atoms with Gasteiger partial charge in [-0.25, -0.2) is 0 Å². The lowest BCUT2D eigenvalue weighted by Gasteiger charge is -2.38. The second-order valence-corrected chi connectivity index (χ2v) is 8.88. The normalized spacial score (nSPS) is 29.4. The summed E-state index contributed by atoms with van der Waals surface area (Å²) in [6, 6.07) is 4.50. The maximum Gasteiger partial charge on any atom is 0.269 e. The molecule has 6 rings (SSSR count). The standard InChI is InChI=1S/C21H27N7O3/c29-21(17-5-6-23-24-17)22-8-18-19(28-13-1-2-14(28)12-30-11-13)7-20(26-25-18)27-9-15-3-4-16(10-27)31-15/h5-7,13-16H,1-4,8-12H2,(H,22,29)(H,23,24). The second kappa shape index (κ2) is 7.76. The third kappa shape index (κ3) is 3.53. The first-order valence-electron chi connectivity index (χ1n) is 11.2. The molecule has 31 heavy (non-hydrogen) atoms. The fourth-order valence-electron chi connectivity index (χ4n) is 5.37. The van der Waals surface area contributed by atoms with Crippen LogP contribution in [0.4, 0.5) is 11.5 Å². The molecular weight excluding hydrogens is 398 g/mol. The first-order valence-corrected chi connectivity index (χ1v) is 11.2. The van der Waals surface area contributed by atoms with Crippen molar-refractivity contribution in [1.29, 1.82) is 0 Å². The van der Waals surface area contributed by atoms with Crippen LogP contribution >= 0.6 is 0 Å². The number of morpholine rings is 2. The van der Waals surface area contributed by atoms with Crippen molar-refractivity contribution < 1.29 is 14.3 Å². The molecule has 164 valence electrons. The first-order chi connectivity index (χ1) is 15.2. The van der Waals surface area contributed by atoms with Crippen LogP contribution in [0.3, 0.4) is 0 Å². The molecule has 4 atom stereocenters. The highest BCUT2D eigenvalue weighted by molar-refractivity contribution is 5.92. The van der Waals surface area contributed by atoms with Gasteiger partial charge in [-0.1, -0.05) is 0 Å². The summed E-state index contributed by atoms with van der Waals surface area (Å²) in [4.78, 5) is 17.2. The Morgan fingerprint density at radius 1 is 1.13 bits per heavy atom. The molecule has 4 saturated heterocycles. The molecule has 4 bridgehead atoms. The summed E-state index contributed by atoms with van der Waals surface area (Å²) in [5.74, 6) is 0.689. The van der Waals surface area contributed by atoms with Crippen molar-refractivity contribution in [2.45, 2.75) is 56.5 Å². The molecule has 4 fully saturated rings. The van der Waals surface area contributed by atoms with Gasteiger partial charge in [0, 0.05) is 25.4 Å². The minimum Gasteiger partial charge on any atom is -0.377 e. The van der Waals surface area contributed by atoms with E-state index in [1.165, 1.54) is 0 Å². The minimum atomic E-state index is -0.205. The van der Waals surface area contributed by atoms with Gasteiger partial charge in [0.2, 0.25) is 0 Å². The fourth-order valence-corrected chi connectivity index (χ4v) is 5.37. The number of hydrogen-bond acceptors (Lipinski definition) is 8. The highest BCUT2D eigenvalue weighted by atomic mass is 16.5. The molecule has 1 amide bonds. The van der Waals surface area contributed by atoms with Crippen molar-refractivity contribution in [3.63, 3.8) is 0 Å². The Labute approximate surface area is 180 Å². The van der Waals surface area contributed by atoms with E-state index in [4.69, 9.17) is 9.47 Å². The Morgan fingerprint density at radius 2 is 1.90 bits per heavy atom. The Kier molecular flexibility index (Phi) is 4.76. The van der Waals surface area contributed by atoms with E-state index in [1.54, 1.807) is 12.3 Å². The number of fused-ring (bicyclic) bond motifs is 4. The topological polar surface area (TPSA) is 108 Å². The van der Waals surface area contributed by atoms with E-state index in [9.17, 15) is 4.79 Å². The maximum absolute atomic E-state index is 12.4. The number of nitrogens with zero attached hydrogens (tertiary/aromatic N) is 5. The largest absolute Gasteiger partial charge is 0.377 e. The lowest BCUT2D eigenvalue weighted by molar-refractivity contribution is 0.0301. The Hall–Kier alpha value is -2.72. The van der Waals surface area contributed by atoms with E-state index in [0.717, 1.165) is 69.2 Å². The number of anilines is 2. The molecule has 0 aromatic carbocycles. The minimum absolute atomic E-state index is 0.205.